The van der Waals surface area contributed by atoms with Gasteiger partial charge in [-0.1, -0.05) is 98.8 Å². The first-order valence-corrected chi connectivity index (χ1v) is 19.7. The quantitative estimate of drug-likeness (QED) is 0.193. The highest BCUT2D eigenvalue weighted by molar-refractivity contribution is 6.10. The van der Waals surface area contributed by atoms with Gasteiger partial charge in [-0.05, 0) is 85.5 Å². The van der Waals surface area contributed by atoms with Crippen LogP contribution >= 0.6 is 0 Å². The molecule has 8 unspecified atom stereocenters. The lowest BCUT2D eigenvalue weighted by molar-refractivity contribution is -0.176. The Balaban J connectivity index is 1.04. The maximum Gasteiger partial charge on any atom is 0.189 e. The van der Waals surface area contributed by atoms with E-state index in [-0.39, 0.29) is 40.0 Å². The number of benzene rings is 3. The van der Waals surface area contributed by atoms with Gasteiger partial charge in [-0.15, -0.1) is 0 Å². The molecule has 2 N–H and O–H groups in total. The van der Waals surface area contributed by atoms with Gasteiger partial charge in [0.2, 0.25) is 0 Å². The van der Waals surface area contributed by atoms with Crippen LogP contribution in [0.2, 0.25) is 0 Å². The number of rotatable bonds is 7. The van der Waals surface area contributed by atoms with Crippen LogP contribution in [0.1, 0.15) is 69.2 Å². The third kappa shape index (κ3) is 4.76. The van der Waals surface area contributed by atoms with Crippen LogP contribution in [0.5, 0.6) is 5.75 Å². The monoisotopic (exact) mass is 698 g/mol. The van der Waals surface area contributed by atoms with Gasteiger partial charge in [0.1, 0.15) is 5.75 Å². The molecule has 0 radical (unpaired) electrons. The van der Waals surface area contributed by atoms with Crippen molar-refractivity contribution in [2.75, 3.05) is 44.7 Å². The van der Waals surface area contributed by atoms with E-state index in [9.17, 15) is 10.2 Å². The molecule has 1 aliphatic heterocycles. The van der Waals surface area contributed by atoms with Crippen molar-refractivity contribution in [3.63, 3.8) is 0 Å². The summed E-state index contributed by atoms with van der Waals surface area (Å²) in [5.74, 6) is 1.45. The largest absolute Gasteiger partial charge is 0.495 e. The Morgan fingerprint density at radius 1 is 0.788 bits per heavy atom. The zero-order chi connectivity index (χ0) is 35.9. The molecular weight excluding hydrogens is 645 g/mol. The predicted octanol–water partition coefficient (Wildman–Crippen LogP) is 7.96. The molecule has 272 valence electrons. The third-order valence-electron chi connectivity index (χ3n) is 15.5. The molecule has 1 saturated heterocycles. The number of methoxy groups -OCH3 is 1. The summed E-state index contributed by atoms with van der Waals surface area (Å²) in [6.45, 7) is 9.03. The van der Waals surface area contributed by atoms with E-state index in [0.717, 1.165) is 98.4 Å². The number of ketones is 1. The van der Waals surface area contributed by atoms with E-state index in [2.05, 4.69) is 78.3 Å². The number of aliphatic hydroxyl groups is 2. The minimum absolute atomic E-state index is 0.0429. The lowest BCUT2D eigenvalue weighted by Gasteiger charge is -2.71. The van der Waals surface area contributed by atoms with Crippen LogP contribution in [0.4, 0.5) is 5.69 Å². The number of aliphatic hydroxyl groups excluding tert-OH is 1. The van der Waals surface area contributed by atoms with Crippen LogP contribution in [0.15, 0.2) is 103 Å². The van der Waals surface area contributed by atoms with Gasteiger partial charge in [0.05, 0.1) is 24.5 Å². The number of para-hydroxylation sites is 2. The molecule has 7 aliphatic rings. The zero-order valence-corrected chi connectivity index (χ0v) is 31.1. The van der Waals surface area contributed by atoms with E-state index in [1.54, 1.807) is 7.11 Å². The molecule has 2 bridgehead atoms. The molecule has 0 amide bonds. The molecule has 1 heterocycles. The smallest absolute Gasteiger partial charge is 0.189 e. The fourth-order valence-corrected chi connectivity index (χ4v) is 12.6. The van der Waals surface area contributed by atoms with E-state index in [4.69, 9.17) is 4.74 Å². The Bertz CT molecular complexity index is 1920. The van der Waals surface area contributed by atoms with Crippen molar-refractivity contribution in [3.05, 3.63) is 108 Å². The van der Waals surface area contributed by atoms with Crippen molar-refractivity contribution in [2.45, 2.75) is 70.5 Å². The molecule has 3 aromatic carbocycles. The van der Waals surface area contributed by atoms with Gasteiger partial charge in [0.25, 0.3) is 0 Å². The average molecular weight is 699 g/mol. The number of Topliss-reactive ketones (excluding diaryl/α,β-unsaturated/α-hetero) is 1. The second-order valence-electron chi connectivity index (χ2n) is 17.5. The SMILES string of the molecule is COc1ccccc1N1CCN(CC2(O)CCC3C45C=CC6(C=C4C(=O)c4ccc(-c7ccccc7)cc4)CC(O)CCC6(C)C5CCC32C)CC1. The first kappa shape index (κ1) is 34.1. The van der Waals surface area contributed by atoms with Gasteiger partial charge in [0.15, 0.2) is 5.78 Å². The number of fused-ring (bicyclic) bond motifs is 1. The van der Waals surface area contributed by atoms with Crippen LogP contribution < -0.4 is 9.64 Å². The van der Waals surface area contributed by atoms with Crippen LogP contribution in [-0.2, 0) is 0 Å². The molecule has 2 spiro atoms. The number of β-amino-alcohol motifs (C(OH)–C–C–N with tert-alkyl or cyclic N) is 1. The van der Waals surface area contributed by atoms with Gasteiger partial charge < -0.3 is 19.8 Å². The Labute approximate surface area is 309 Å². The topological polar surface area (TPSA) is 73.2 Å². The Morgan fingerprint density at radius 2 is 1.44 bits per heavy atom. The van der Waals surface area contributed by atoms with Crippen LogP contribution in [-0.4, -0.2) is 72.4 Å². The summed E-state index contributed by atoms with van der Waals surface area (Å²) in [6, 6.07) is 26.7. The van der Waals surface area contributed by atoms with E-state index in [0.29, 0.717) is 13.0 Å². The molecule has 3 aromatic rings. The Kier molecular flexibility index (Phi) is 7.97. The van der Waals surface area contributed by atoms with E-state index in [1.165, 1.54) is 0 Å². The molecule has 3 saturated carbocycles. The van der Waals surface area contributed by atoms with Crippen LogP contribution in [0.25, 0.3) is 11.1 Å². The van der Waals surface area contributed by atoms with Gasteiger partial charge in [-0.2, -0.15) is 0 Å². The standard InChI is InChI=1S/C46H54N2O4/c1-42-20-17-35(49)29-44(42)23-24-46(36(30-44)41(50)34-15-13-33(14-16-34)32-9-5-4-6-10-32)39(42)18-21-43(2)40(46)19-22-45(43,51)31-47-25-27-48(28-26-47)37-11-7-8-12-38(37)52-3/h4-16,23-24,30,35,39-40,49,51H,17-22,25-29,31H2,1-3H3. The fourth-order valence-electron chi connectivity index (χ4n) is 12.6. The molecule has 10 rings (SSSR count). The third-order valence-corrected chi connectivity index (χ3v) is 15.5. The van der Waals surface area contributed by atoms with E-state index in [1.807, 2.05) is 42.5 Å². The maximum absolute atomic E-state index is 15.1. The minimum atomic E-state index is -0.848. The van der Waals surface area contributed by atoms with Gasteiger partial charge in [-0.25, -0.2) is 0 Å². The number of nitrogens with zero attached hydrogens (tertiary/aromatic N) is 2. The summed E-state index contributed by atoms with van der Waals surface area (Å²) in [5, 5.41) is 24.0. The number of hydrogen-bond donors (Lipinski definition) is 2. The first-order valence-electron chi connectivity index (χ1n) is 19.7. The zero-order valence-electron chi connectivity index (χ0n) is 31.1. The summed E-state index contributed by atoms with van der Waals surface area (Å²) in [5.41, 5.74) is 3.00. The van der Waals surface area contributed by atoms with Crippen molar-refractivity contribution in [1.82, 2.24) is 4.90 Å². The Hall–Kier alpha value is -3.71. The molecular formula is C46H54N2O4. The summed E-state index contributed by atoms with van der Waals surface area (Å²) in [6.07, 6.45) is 12.8. The van der Waals surface area contributed by atoms with E-state index >= 15 is 4.79 Å². The number of ether oxygens (including phenoxy) is 1. The minimum Gasteiger partial charge on any atom is -0.495 e. The average Bonchev–Trinajstić information content (AvgIpc) is 3.44. The van der Waals surface area contributed by atoms with Crippen molar-refractivity contribution in [2.24, 2.45) is 33.5 Å². The van der Waals surface area contributed by atoms with Crippen LogP contribution in [0.3, 0.4) is 0 Å². The summed E-state index contributed by atoms with van der Waals surface area (Å²) in [4.78, 5) is 19.9. The lowest BCUT2D eigenvalue weighted by Crippen LogP contribution is -2.67. The van der Waals surface area contributed by atoms with Gasteiger partial charge in [-0.3, -0.25) is 9.69 Å². The second-order valence-corrected chi connectivity index (χ2v) is 17.5. The first-order chi connectivity index (χ1) is 25.1. The highest BCUT2D eigenvalue weighted by Gasteiger charge is 2.74. The Morgan fingerprint density at radius 3 is 2.19 bits per heavy atom. The number of anilines is 1. The van der Waals surface area contributed by atoms with Crippen molar-refractivity contribution >= 4 is 11.5 Å². The van der Waals surface area contributed by atoms with Gasteiger partial charge in [0, 0.05) is 60.1 Å². The number of carbonyl (C=O) groups excluding carboxylic acids is 1. The predicted molar refractivity (Wildman–Crippen MR) is 206 cm³/mol. The summed E-state index contributed by atoms with van der Waals surface area (Å²) < 4.78 is 5.67. The summed E-state index contributed by atoms with van der Waals surface area (Å²) >= 11 is 0. The maximum atomic E-state index is 15.1. The molecule has 0 aromatic heterocycles. The molecule has 8 atom stereocenters. The molecule has 6 aliphatic carbocycles. The molecule has 6 nitrogen and oxygen atoms in total. The lowest BCUT2D eigenvalue weighted by atomic mass is 9.32. The fraction of sp³-hybridized carbons (Fsp3) is 0.500. The second kappa shape index (κ2) is 12.2. The van der Waals surface area contributed by atoms with E-state index < -0.39 is 11.0 Å². The molecule has 6 heteroatoms. The highest BCUT2D eigenvalue weighted by Crippen LogP contribution is 2.78. The number of piperazine rings is 1. The number of carbonyl (C=O) groups is 1. The van der Waals surface area contributed by atoms with Crippen molar-refractivity contribution in [3.8, 4) is 16.9 Å². The normalized spacial score (nSPS) is 37.9. The van der Waals surface area contributed by atoms with Crippen LogP contribution in [0, 0.1) is 33.5 Å². The van der Waals surface area contributed by atoms with Crippen molar-refractivity contribution < 1.29 is 19.7 Å². The molecule has 4 fully saturated rings. The highest BCUT2D eigenvalue weighted by atomic mass is 16.5. The van der Waals surface area contributed by atoms with Gasteiger partial charge >= 0.3 is 0 Å². The summed E-state index contributed by atoms with van der Waals surface area (Å²) in [7, 11) is 1.73. The number of allylic oxidation sites excluding steroid dienone is 4. The molecule has 52 heavy (non-hydrogen) atoms. The van der Waals surface area contributed by atoms with Crippen molar-refractivity contribution in [1.29, 1.82) is 0 Å². The number of hydrogen-bond acceptors (Lipinski definition) is 6.